The summed E-state index contributed by atoms with van der Waals surface area (Å²) in [6.45, 7) is 0.435. The molecule has 14 nitrogen and oxygen atoms in total. The van der Waals surface area contributed by atoms with Gasteiger partial charge in [0.25, 0.3) is 0 Å². The zero-order chi connectivity index (χ0) is 25.8. The number of benzene rings is 1. The molecule has 1 heterocycles. The molecule has 1 aromatic heterocycles. The van der Waals surface area contributed by atoms with Gasteiger partial charge in [-0.25, -0.2) is 9.59 Å². The van der Waals surface area contributed by atoms with Crippen LogP contribution >= 0.6 is 0 Å². The Balaban J connectivity index is 2.03. The largest absolute Gasteiger partial charge is 0.481 e. The van der Waals surface area contributed by atoms with Crippen molar-refractivity contribution in [3.05, 3.63) is 47.6 Å². The van der Waals surface area contributed by atoms with E-state index in [2.05, 4.69) is 26.1 Å². The minimum Gasteiger partial charge on any atom is -0.481 e. The van der Waals surface area contributed by atoms with Crippen LogP contribution in [0.1, 0.15) is 55.0 Å². The van der Waals surface area contributed by atoms with Crippen LogP contribution < -0.4 is 27.4 Å². The van der Waals surface area contributed by atoms with E-state index in [0.29, 0.717) is 19.4 Å². The minimum absolute atomic E-state index is 0.0522. The van der Waals surface area contributed by atoms with Gasteiger partial charge in [0.1, 0.15) is 12.1 Å². The van der Waals surface area contributed by atoms with Crippen LogP contribution in [0.5, 0.6) is 0 Å². The zero-order valence-corrected chi connectivity index (χ0v) is 18.9. The molecule has 10 N–H and O–H groups in total. The molecule has 0 aliphatic heterocycles. The summed E-state index contributed by atoms with van der Waals surface area (Å²) < 4.78 is 5.21. The summed E-state index contributed by atoms with van der Waals surface area (Å²) in [7, 11) is 0. The lowest BCUT2D eigenvalue weighted by molar-refractivity contribution is -0.139. The molecule has 35 heavy (non-hydrogen) atoms. The summed E-state index contributed by atoms with van der Waals surface area (Å²) in [5, 5.41) is 37.0. The first-order valence-electron chi connectivity index (χ1n) is 10.9. The topological polar surface area (TPSA) is 243 Å². The summed E-state index contributed by atoms with van der Waals surface area (Å²) in [5.74, 6) is -2.36. The maximum atomic E-state index is 12.6. The van der Waals surface area contributed by atoms with Gasteiger partial charge in [0.2, 0.25) is 5.89 Å². The Kier molecular flexibility index (Phi) is 10.4. The molecule has 3 atom stereocenters. The highest BCUT2D eigenvalue weighted by atomic mass is 16.5. The van der Waals surface area contributed by atoms with Crippen LogP contribution in [0.15, 0.2) is 34.9 Å². The van der Waals surface area contributed by atoms with Crippen LogP contribution in [-0.2, 0) is 16.0 Å². The predicted molar refractivity (Wildman–Crippen MR) is 123 cm³/mol. The summed E-state index contributed by atoms with van der Waals surface area (Å²) >= 11 is 0. The number of aromatic nitrogens is 2. The molecule has 0 aliphatic rings. The number of hydrogen-bond acceptors (Lipinski definition) is 8. The molecule has 2 rings (SSSR count). The maximum absolute atomic E-state index is 12.6. The number of nitrogens with two attached hydrogens (primary N) is 2. The third kappa shape index (κ3) is 9.67. The standard InChI is InChI=1S/C21H30N8O6/c22-13(7-4-10-25-20(23)24)17-28-18(35-29-17)14(8-9-16(30)31)26-21(34)27-15(19(32)33)11-12-5-2-1-3-6-12/h1-3,5-6,13-15H,4,7-11,22H2,(H,30,31)(H,32,33)(H4,23,24,25)(H2,26,27,34)/t13-,14?,15-/m0/s1. The quantitative estimate of drug-likeness (QED) is 0.101. The van der Waals surface area contributed by atoms with Crippen molar-refractivity contribution in [3.8, 4) is 0 Å². The Labute approximate surface area is 201 Å². The van der Waals surface area contributed by atoms with Gasteiger partial charge in [-0.15, -0.1) is 0 Å². The maximum Gasteiger partial charge on any atom is 0.326 e. The highest BCUT2D eigenvalue weighted by Gasteiger charge is 2.26. The Bertz CT molecular complexity index is 999. The number of carbonyl (C=O) groups is 3. The second-order valence-electron chi connectivity index (χ2n) is 7.76. The summed E-state index contributed by atoms with van der Waals surface area (Å²) in [6.07, 6.45) is 0.705. The fourth-order valence-electron chi connectivity index (χ4n) is 3.15. The van der Waals surface area contributed by atoms with Crippen LogP contribution in [0.25, 0.3) is 0 Å². The van der Waals surface area contributed by atoms with Gasteiger partial charge in [0, 0.05) is 19.4 Å². The van der Waals surface area contributed by atoms with Crippen molar-refractivity contribution < 1.29 is 29.1 Å². The molecule has 0 aliphatic carbocycles. The van der Waals surface area contributed by atoms with Gasteiger partial charge in [-0.2, -0.15) is 4.98 Å². The van der Waals surface area contributed by atoms with Crippen molar-refractivity contribution in [3.63, 3.8) is 0 Å². The van der Waals surface area contributed by atoms with Crippen molar-refractivity contribution in [2.45, 2.75) is 50.2 Å². The first kappa shape index (κ1) is 27.0. The highest BCUT2D eigenvalue weighted by molar-refractivity contribution is 5.83. The molecule has 0 bridgehead atoms. The first-order valence-corrected chi connectivity index (χ1v) is 10.9. The molecule has 0 fully saturated rings. The van der Waals surface area contributed by atoms with Crippen LogP contribution in [0.2, 0.25) is 0 Å². The normalized spacial score (nSPS) is 13.3. The van der Waals surface area contributed by atoms with Crippen molar-refractivity contribution >= 4 is 23.9 Å². The summed E-state index contributed by atoms with van der Waals surface area (Å²) in [5.41, 5.74) is 12.0. The lowest BCUT2D eigenvalue weighted by atomic mass is 10.1. The number of hydrogen-bond donors (Lipinski definition) is 8. The Hall–Kier alpha value is -4.20. The zero-order valence-electron chi connectivity index (χ0n) is 18.9. The number of carbonyl (C=O) groups excluding carboxylic acids is 1. The van der Waals surface area contributed by atoms with Gasteiger partial charge < -0.3 is 42.2 Å². The van der Waals surface area contributed by atoms with Gasteiger partial charge in [0.05, 0.1) is 6.04 Å². The van der Waals surface area contributed by atoms with Crippen LogP contribution in [-0.4, -0.2) is 56.9 Å². The second kappa shape index (κ2) is 13.5. The average Bonchev–Trinajstić information content (AvgIpc) is 3.29. The number of nitrogens with zero attached hydrogens (tertiary/aromatic N) is 2. The predicted octanol–water partition coefficient (Wildman–Crippen LogP) is 0.234. The summed E-state index contributed by atoms with van der Waals surface area (Å²) in [4.78, 5) is 39.5. The molecule has 2 amide bonds. The number of rotatable bonds is 14. The van der Waals surface area contributed by atoms with Crippen molar-refractivity contribution in [2.24, 2.45) is 11.5 Å². The van der Waals surface area contributed by atoms with Gasteiger partial charge in [0.15, 0.2) is 11.8 Å². The minimum atomic E-state index is -1.23. The fraction of sp³-hybridized carbons (Fsp3) is 0.429. The van der Waals surface area contributed by atoms with E-state index in [1.807, 2.05) is 0 Å². The summed E-state index contributed by atoms with van der Waals surface area (Å²) in [6, 6.07) is 5.16. The van der Waals surface area contributed by atoms with E-state index in [0.717, 1.165) is 5.56 Å². The van der Waals surface area contributed by atoms with Crippen LogP contribution in [0, 0.1) is 5.41 Å². The Morgan fingerprint density at radius 2 is 1.83 bits per heavy atom. The van der Waals surface area contributed by atoms with E-state index in [1.165, 1.54) is 0 Å². The molecule has 1 unspecified atom stereocenters. The lowest BCUT2D eigenvalue weighted by Crippen LogP contribution is -2.48. The van der Waals surface area contributed by atoms with Gasteiger partial charge in [-0.1, -0.05) is 35.5 Å². The third-order valence-electron chi connectivity index (χ3n) is 4.93. The molecule has 1 aromatic carbocycles. The van der Waals surface area contributed by atoms with Gasteiger partial charge in [-0.05, 0) is 24.8 Å². The fourth-order valence-corrected chi connectivity index (χ4v) is 3.15. The molecular formula is C21H30N8O6. The average molecular weight is 491 g/mol. The number of carboxylic acid groups (broad SMARTS) is 2. The number of guanidine groups is 1. The van der Waals surface area contributed by atoms with Crippen molar-refractivity contribution in [1.82, 2.24) is 26.1 Å². The molecule has 0 spiro atoms. The van der Waals surface area contributed by atoms with Crippen LogP contribution in [0.4, 0.5) is 4.79 Å². The SMILES string of the molecule is N=C(N)NCCC[C@H](N)c1noc(C(CCC(=O)O)NC(=O)N[C@@H](Cc2ccccc2)C(=O)O)n1. The molecule has 0 radical (unpaired) electrons. The molecule has 14 heteroatoms. The first-order chi connectivity index (χ1) is 16.7. The van der Waals surface area contributed by atoms with E-state index in [4.69, 9.17) is 26.5 Å². The monoisotopic (exact) mass is 490 g/mol. The van der Waals surface area contributed by atoms with Gasteiger partial charge in [-0.3, -0.25) is 10.2 Å². The van der Waals surface area contributed by atoms with E-state index < -0.39 is 36.1 Å². The van der Waals surface area contributed by atoms with E-state index in [9.17, 15) is 19.5 Å². The number of carboxylic acids is 2. The number of urea groups is 1. The Morgan fingerprint density at radius 3 is 2.46 bits per heavy atom. The smallest absolute Gasteiger partial charge is 0.326 e. The highest BCUT2D eigenvalue weighted by Crippen LogP contribution is 2.20. The second-order valence-corrected chi connectivity index (χ2v) is 7.76. The Morgan fingerprint density at radius 1 is 1.11 bits per heavy atom. The molecule has 2 aromatic rings. The van der Waals surface area contributed by atoms with E-state index in [1.54, 1.807) is 30.3 Å². The van der Waals surface area contributed by atoms with E-state index in [-0.39, 0.29) is 36.9 Å². The van der Waals surface area contributed by atoms with Crippen LogP contribution in [0.3, 0.4) is 0 Å². The molecule has 0 saturated carbocycles. The van der Waals surface area contributed by atoms with Gasteiger partial charge >= 0.3 is 18.0 Å². The molecule has 0 saturated heterocycles. The van der Waals surface area contributed by atoms with Crippen molar-refractivity contribution in [2.75, 3.05) is 6.54 Å². The number of amides is 2. The van der Waals surface area contributed by atoms with E-state index >= 15 is 0 Å². The number of aliphatic carboxylic acids is 2. The third-order valence-corrected chi connectivity index (χ3v) is 4.93. The van der Waals surface area contributed by atoms with Crippen molar-refractivity contribution in [1.29, 1.82) is 5.41 Å². The number of nitrogens with one attached hydrogen (secondary N) is 4. The molecular weight excluding hydrogens is 460 g/mol. The lowest BCUT2D eigenvalue weighted by Gasteiger charge is -2.18. The molecule has 190 valence electrons.